The quantitative estimate of drug-likeness (QED) is 0.658. The Hall–Kier alpha value is -3.08. The minimum Gasteiger partial charge on any atom is -0.462 e. The van der Waals surface area contributed by atoms with E-state index in [0.717, 1.165) is 24.3 Å². The fourth-order valence-corrected chi connectivity index (χ4v) is 3.23. The highest BCUT2D eigenvalue weighted by molar-refractivity contribution is 7.92. The molecule has 29 heavy (non-hydrogen) atoms. The summed E-state index contributed by atoms with van der Waals surface area (Å²) in [6.07, 6.45) is -4.55. The second-order valence-electron chi connectivity index (χ2n) is 5.73. The molecule has 0 radical (unpaired) electrons. The van der Waals surface area contributed by atoms with Crippen LogP contribution >= 0.6 is 0 Å². The molecule has 0 unspecified atom stereocenters. The second-order valence-corrected chi connectivity index (χ2v) is 7.41. The van der Waals surface area contributed by atoms with Crippen LogP contribution in [0.5, 0.6) is 0 Å². The number of alkyl halides is 3. The van der Waals surface area contributed by atoms with Crippen molar-refractivity contribution >= 4 is 27.6 Å². The number of rotatable bonds is 7. The maximum atomic E-state index is 12.4. The van der Waals surface area contributed by atoms with Crippen LogP contribution in [-0.2, 0) is 14.8 Å². The highest BCUT2D eigenvalue weighted by Gasteiger charge is 2.28. The molecule has 0 aliphatic rings. The molecule has 0 aliphatic heterocycles. The molecule has 0 saturated carbocycles. The molecule has 0 fully saturated rings. The van der Waals surface area contributed by atoms with Crippen molar-refractivity contribution in [1.82, 2.24) is 5.32 Å². The van der Waals surface area contributed by atoms with Crippen molar-refractivity contribution in [3.05, 3.63) is 59.7 Å². The van der Waals surface area contributed by atoms with Crippen molar-refractivity contribution < 1.29 is 35.9 Å². The number of carbonyl (C=O) groups is 2. The smallest absolute Gasteiger partial charge is 0.405 e. The lowest BCUT2D eigenvalue weighted by molar-refractivity contribution is -0.123. The second kappa shape index (κ2) is 8.95. The van der Waals surface area contributed by atoms with Crippen molar-refractivity contribution in [3.63, 3.8) is 0 Å². The Kier molecular flexibility index (Phi) is 6.85. The van der Waals surface area contributed by atoms with Crippen molar-refractivity contribution in [1.29, 1.82) is 0 Å². The molecule has 0 saturated heterocycles. The molecule has 0 aliphatic carbocycles. The standard InChI is InChI=1S/C18H17F3N2O5S/c1-2-28-17(25)13-3-7-14(8-4-13)23-29(26,27)15-9-5-12(6-10-15)16(24)22-11-18(19,20)21/h3-10,23H,2,11H2,1H3,(H,22,24). The molecule has 2 aromatic carbocycles. The zero-order valence-corrected chi connectivity index (χ0v) is 15.9. The topological polar surface area (TPSA) is 102 Å². The number of amides is 1. The zero-order chi connectivity index (χ0) is 21.7. The van der Waals surface area contributed by atoms with Crippen LogP contribution in [0.15, 0.2) is 53.4 Å². The third kappa shape index (κ3) is 6.49. The van der Waals surface area contributed by atoms with Gasteiger partial charge < -0.3 is 10.1 Å². The summed E-state index contributed by atoms with van der Waals surface area (Å²) < 4.78 is 68.4. The molecule has 2 N–H and O–H groups in total. The zero-order valence-electron chi connectivity index (χ0n) is 15.1. The average molecular weight is 430 g/mol. The summed E-state index contributed by atoms with van der Waals surface area (Å²) in [6, 6.07) is 9.93. The highest BCUT2D eigenvalue weighted by atomic mass is 32.2. The first-order valence-corrected chi connectivity index (χ1v) is 9.75. The fourth-order valence-electron chi connectivity index (χ4n) is 2.17. The third-order valence-corrected chi connectivity index (χ3v) is 4.92. The van der Waals surface area contributed by atoms with Crippen molar-refractivity contribution in [2.24, 2.45) is 0 Å². The Labute approximate surface area is 164 Å². The predicted molar refractivity (Wildman–Crippen MR) is 98.0 cm³/mol. The highest BCUT2D eigenvalue weighted by Crippen LogP contribution is 2.18. The molecule has 0 aromatic heterocycles. The summed E-state index contributed by atoms with van der Waals surface area (Å²) in [4.78, 5) is 23.1. The van der Waals surface area contributed by atoms with Crippen molar-refractivity contribution in [2.45, 2.75) is 18.0 Å². The maximum absolute atomic E-state index is 12.4. The number of benzene rings is 2. The molecular formula is C18H17F3N2O5S. The normalized spacial score (nSPS) is 11.6. The van der Waals surface area contributed by atoms with E-state index in [1.54, 1.807) is 12.2 Å². The van der Waals surface area contributed by atoms with Crippen LogP contribution in [0.2, 0.25) is 0 Å². The molecule has 2 aromatic rings. The molecule has 0 spiro atoms. The Bertz CT molecular complexity index is 972. The first-order chi connectivity index (χ1) is 13.5. The molecule has 7 nitrogen and oxygen atoms in total. The van der Waals surface area contributed by atoms with Gasteiger partial charge in [-0.3, -0.25) is 9.52 Å². The van der Waals surface area contributed by atoms with Gasteiger partial charge in [0.25, 0.3) is 15.9 Å². The first-order valence-electron chi connectivity index (χ1n) is 8.27. The van der Waals surface area contributed by atoms with Gasteiger partial charge in [0.1, 0.15) is 6.54 Å². The van der Waals surface area contributed by atoms with E-state index in [4.69, 9.17) is 4.74 Å². The van der Waals surface area contributed by atoms with Gasteiger partial charge in [-0.05, 0) is 55.5 Å². The Morgan fingerprint density at radius 2 is 1.52 bits per heavy atom. The number of hydrogen-bond donors (Lipinski definition) is 2. The average Bonchev–Trinajstić information content (AvgIpc) is 2.66. The van der Waals surface area contributed by atoms with E-state index in [0.29, 0.717) is 0 Å². The van der Waals surface area contributed by atoms with Crippen LogP contribution in [0.3, 0.4) is 0 Å². The van der Waals surface area contributed by atoms with Crippen LogP contribution in [0, 0.1) is 0 Å². The van der Waals surface area contributed by atoms with Crippen molar-refractivity contribution in [2.75, 3.05) is 17.9 Å². The number of esters is 1. The van der Waals surface area contributed by atoms with E-state index in [2.05, 4.69) is 4.72 Å². The predicted octanol–water partition coefficient (Wildman–Crippen LogP) is 2.96. The van der Waals surface area contributed by atoms with Gasteiger partial charge in [-0.2, -0.15) is 13.2 Å². The van der Waals surface area contributed by atoms with Crippen LogP contribution in [0.4, 0.5) is 18.9 Å². The summed E-state index contributed by atoms with van der Waals surface area (Å²) in [5.74, 6) is -1.52. The monoisotopic (exact) mass is 430 g/mol. The molecule has 0 bridgehead atoms. The minimum absolute atomic E-state index is 0.119. The Morgan fingerprint density at radius 1 is 0.966 bits per heavy atom. The molecule has 156 valence electrons. The minimum atomic E-state index is -4.55. The first kappa shape index (κ1) is 22.2. The van der Waals surface area contributed by atoms with Crippen LogP contribution in [0.1, 0.15) is 27.6 Å². The number of nitrogens with one attached hydrogen (secondary N) is 2. The maximum Gasteiger partial charge on any atom is 0.405 e. The van der Waals surface area contributed by atoms with Gasteiger partial charge in [0, 0.05) is 11.3 Å². The summed E-state index contributed by atoms with van der Waals surface area (Å²) in [6.45, 7) is 0.373. The van der Waals surface area contributed by atoms with E-state index >= 15 is 0 Å². The van der Waals surface area contributed by atoms with E-state index in [-0.39, 0.29) is 28.3 Å². The van der Waals surface area contributed by atoms with Gasteiger partial charge >= 0.3 is 12.1 Å². The summed E-state index contributed by atoms with van der Waals surface area (Å²) in [7, 11) is -4.01. The molecular weight excluding hydrogens is 413 g/mol. The summed E-state index contributed by atoms with van der Waals surface area (Å²) in [5.41, 5.74) is 0.320. The van der Waals surface area contributed by atoms with E-state index in [9.17, 15) is 31.2 Å². The van der Waals surface area contributed by atoms with E-state index in [1.165, 1.54) is 24.3 Å². The number of hydrogen-bond acceptors (Lipinski definition) is 5. The molecule has 2 rings (SSSR count). The summed E-state index contributed by atoms with van der Waals surface area (Å²) >= 11 is 0. The molecule has 0 atom stereocenters. The van der Waals surface area contributed by atoms with Gasteiger partial charge in [0.05, 0.1) is 17.1 Å². The van der Waals surface area contributed by atoms with Crippen LogP contribution in [0.25, 0.3) is 0 Å². The van der Waals surface area contributed by atoms with Crippen molar-refractivity contribution in [3.8, 4) is 0 Å². The van der Waals surface area contributed by atoms with Crippen LogP contribution in [-0.4, -0.2) is 39.6 Å². The third-order valence-electron chi connectivity index (χ3n) is 3.52. The van der Waals surface area contributed by atoms with E-state index in [1.807, 2.05) is 0 Å². The van der Waals surface area contributed by atoms with E-state index < -0.39 is 34.6 Å². The Morgan fingerprint density at radius 3 is 2.03 bits per heavy atom. The van der Waals surface area contributed by atoms with Gasteiger partial charge in [-0.1, -0.05) is 0 Å². The number of anilines is 1. The van der Waals surface area contributed by atoms with Gasteiger partial charge in [-0.25, -0.2) is 13.2 Å². The van der Waals surface area contributed by atoms with Gasteiger partial charge in [0.2, 0.25) is 0 Å². The van der Waals surface area contributed by atoms with Crippen LogP contribution < -0.4 is 10.0 Å². The fraction of sp³-hybridized carbons (Fsp3) is 0.222. The van der Waals surface area contributed by atoms with Gasteiger partial charge in [0.15, 0.2) is 0 Å². The SMILES string of the molecule is CCOC(=O)c1ccc(NS(=O)(=O)c2ccc(C(=O)NCC(F)(F)F)cc2)cc1. The number of carbonyl (C=O) groups excluding carboxylic acids is 2. The lowest BCUT2D eigenvalue weighted by Gasteiger charge is -2.10. The number of ether oxygens (including phenoxy) is 1. The molecule has 1 amide bonds. The number of halogens is 3. The van der Waals surface area contributed by atoms with Gasteiger partial charge in [-0.15, -0.1) is 0 Å². The summed E-state index contributed by atoms with van der Waals surface area (Å²) in [5, 5.41) is 1.69. The lowest BCUT2D eigenvalue weighted by atomic mass is 10.2. The lowest BCUT2D eigenvalue weighted by Crippen LogP contribution is -2.33. The largest absolute Gasteiger partial charge is 0.462 e. The molecule has 11 heteroatoms. The molecule has 0 heterocycles. The number of sulfonamides is 1. The Balaban J connectivity index is 2.07.